The molecule has 0 bridgehead atoms. The largest absolute Gasteiger partial charge is 0.296 e. The summed E-state index contributed by atoms with van der Waals surface area (Å²) in [6.45, 7) is 8.49. The number of halogens is 1. The molecule has 4 aliphatic carbocycles. The minimum absolute atomic E-state index is 0.0211. The first kappa shape index (κ1) is 15.3. The fourth-order valence-electron chi connectivity index (χ4n) is 6.31. The normalized spacial score (nSPS) is 49.3. The van der Waals surface area contributed by atoms with Crippen LogP contribution in [0.3, 0.4) is 0 Å². The zero-order chi connectivity index (χ0) is 16.6. The minimum Gasteiger partial charge on any atom is -0.296 e. The van der Waals surface area contributed by atoms with Gasteiger partial charge < -0.3 is 0 Å². The molecule has 2 nitrogen and oxygen atoms in total. The molecule has 4 aliphatic rings. The molecule has 3 fully saturated rings. The van der Waals surface area contributed by atoms with Crippen molar-refractivity contribution in [3.63, 3.8) is 0 Å². The van der Waals surface area contributed by atoms with Gasteiger partial charge in [0.25, 0.3) is 0 Å². The van der Waals surface area contributed by atoms with Crippen molar-refractivity contribution in [3.05, 3.63) is 23.8 Å². The zero-order valence-electron chi connectivity index (χ0n) is 14.0. The van der Waals surface area contributed by atoms with Crippen molar-refractivity contribution >= 4 is 11.6 Å². The first-order valence-corrected chi connectivity index (χ1v) is 8.89. The van der Waals surface area contributed by atoms with Crippen LogP contribution in [0, 0.1) is 28.6 Å². The summed E-state index contributed by atoms with van der Waals surface area (Å²) in [5, 5.41) is 0. The first-order valence-electron chi connectivity index (χ1n) is 8.89. The molecule has 3 heteroatoms. The molecule has 4 rings (SSSR count). The van der Waals surface area contributed by atoms with Crippen molar-refractivity contribution < 1.29 is 14.0 Å². The van der Waals surface area contributed by atoms with Crippen LogP contribution in [0.5, 0.6) is 0 Å². The van der Waals surface area contributed by atoms with Gasteiger partial charge in [0.2, 0.25) is 0 Å². The quantitative estimate of drug-likeness (QED) is 0.671. The Morgan fingerprint density at radius 2 is 1.91 bits per heavy atom. The van der Waals surface area contributed by atoms with Crippen LogP contribution in [0.15, 0.2) is 23.8 Å². The van der Waals surface area contributed by atoms with Crippen molar-refractivity contribution in [3.8, 4) is 0 Å². The van der Waals surface area contributed by atoms with Gasteiger partial charge in [-0.1, -0.05) is 26.0 Å². The molecule has 0 unspecified atom stereocenters. The monoisotopic (exact) mass is 316 g/mol. The van der Waals surface area contributed by atoms with E-state index in [1.54, 1.807) is 0 Å². The Kier molecular flexibility index (Phi) is 3.09. The number of alkyl halides is 1. The van der Waals surface area contributed by atoms with Crippen LogP contribution in [0.25, 0.3) is 0 Å². The van der Waals surface area contributed by atoms with Gasteiger partial charge in [-0.15, -0.1) is 0 Å². The molecule has 0 amide bonds. The number of Topliss-reactive ketones (excluding diaryl/α,β-unsaturated/α-hetero) is 1. The molecule has 0 aromatic carbocycles. The summed E-state index contributed by atoms with van der Waals surface area (Å²) in [7, 11) is 0. The average Bonchev–Trinajstić information content (AvgIpc) is 2.73. The molecule has 0 saturated heterocycles. The Bertz CT molecular complexity index is 648. The van der Waals surface area contributed by atoms with Gasteiger partial charge >= 0.3 is 0 Å². The van der Waals surface area contributed by atoms with Gasteiger partial charge in [0.1, 0.15) is 0 Å². The fourth-order valence-corrected chi connectivity index (χ4v) is 6.31. The van der Waals surface area contributed by atoms with E-state index in [0.717, 1.165) is 36.8 Å². The highest BCUT2D eigenvalue weighted by Gasteiger charge is 2.62. The molecule has 23 heavy (non-hydrogen) atoms. The molecule has 0 aromatic heterocycles. The topological polar surface area (TPSA) is 34.1 Å². The third-order valence-corrected chi connectivity index (χ3v) is 7.63. The fraction of sp³-hybridized carbons (Fsp3) is 0.700. The van der Waals surface area contributed by atoms with Crippen LogP contribution in [-0.2, 0) is 9.59 Å². The van der Waals surface area contributed by atoms with Crippen molar-refractivity contribution in [2.45, 2.75) is 58.5 Å². The van der Waals surface area contributed by atoms with Crippen LogP contribution in [0.2, 0.25) is 0 Å². The van der Waals surface area contributed by atoms with E-state index in [0.29, 0.717) is 24.7 Å². The van der Waals surface area contributed by atoms with E-state index in [4.69, 9.17) is 0 Å². The van der Waals surface area contributed by atoms with Crippen LogP contribution >= 0.6 is 0 Å². The molecule has 0 spiro atoms. The molecule has 0 aromatic rings. The van der Waals surface area contributed by atoms with E-state index in [-0.39, 0.29) is 22.9 Å². The van der Waals surface area contributed by atoms with Crippen LogP contribution in [-0.4, -0.2) is 17.7 Å². The summed E-state index contributed by atoms with van der Waals surface area (Å²) in [5.74, 6) is 0.954. The zero-order valence-corrected chi connectivity index (χ0v) is 14.0. The maximum absolute atomic E-state index is 14.2. The molecular weight excluding hydrogens is 291 g/mol. The number of carbonyl (C=O) groups excluding carboxylic acids is 2. The number of carbonyl (C=O) groups is 2. The predicted molar refractivity (Wildman–Crippen MR) is 86.5 cm³/mol. The minimum atomic E-state index is -1.28. The number of allylic oxidation sites excluding steroid dienone is 2. The number of rotatable bonds is 0. The predicted octanol–water partition coefficient (Wildman–Crippen LogP) is 4.20. The Balaban J connectivity index is 1.76. The lowest BCUT2D eigenvalue weighted by Crippen LogP contribution is -2.51. The van der Waals surface area contributed by atoms with Gasteiger partial charge in [0.15, 0.2) is 17.7 Å². The van der Waals surface area contributed by atoms with E-state index < -0.39 is 11.6 Å². The Hall–Kier alpha value is -1.25. The summed E-state index contributed by atoms with van der Waals surface area (Å²) < 4.78 is 14.2. The van der Waals surface area contributed by atoms with Crippen molar-refractivity contribution in [1.82, 2.24) is 0 Å². The molecule has 3 saturated carbocycles. The van der Waals surface area contributed by atoms with E-state index in [2.05, 4.69) is 13.5 Å². The van der Waals surface area contributed by atoms with Gasteiger partial charge in [-0.05, 0) is 66.9 Å². The smallest absolute Gasteiger partial charge is 0.173 e. The number of fused-ring (bicyclic) bond motifs is 5. The first-order chi connectivity index (χ1) is 10.8. The standard InChI is InChI=1S/C20H25FO2/c1-11-8-13-14(19(2)6-4-12(22)9-15(11)19)5-7-20(3)16(13)10-17(21)18(20)23/h9,13-14,16-17H,1,4-8,10H2,2-3H3/t13-,14+,16+,17+,19-,20+/m1/s1. The average molecular weight is 316 g/mol. The summed E-state index contributed by atoms with van der Waals surface area (Å²) in [4.78, 5) is 24.2. The molecule has 0 radical (unpaired) electrons. The van der Waals surface area contributed by atoms with Gasteiger partial charge in [-0.2, -0.15) is 0 Å². The molecule has 0 aliphatic heterocycles. The lowest BCUT2D eigenvalue weighted by molar-refractivity contribution is -0.134. The number of ketones is 2. The molecule has 6 atom stereocenters. The molecule has 124 valence electrons. The highest BCUT2D eigenvalue weighted by Crippen LogP contribution is 2.65. The SMILES string of the molecule is C=C1C[C@@H]2[C@H](CC[C@]3(C)C(=O)[C@@H](F)C[C@@H]23)[C@@]2(C)CCC(=O)C=C12. The van der Waals surface area contributed by atoms with E-state index >= 15 is 0 Å². The summed E-state index contributed by atoms with van der Waals surface area (Å²) >= 11 is 0. The summed E-state index contributed by atoms with van der Waals surface area (Å²) in [6.07, 6.45) is 4.96. The van der Waals surface area contributed by atoms with Crippen molar-refractivity contribution in [2.24, 2.45) is 28.6 Å². The van der Waals surface area contributed by atoms with Gasteiger partial charge in [0.05, 0.1) is 0 Å². The van der Waals surface area contributed by atoms with Gasteiger partial charge in [-0.25, -0.2) is 4.39 Å². The molecule has 0 heterocycles. The van der Waals surface area contributed by atoms with Crippen LogP contribution < -0.4 is 0 Å². The molecule has 0 N–H and O–H groups in total. The van der Waals surface area contributed by atoms with Gasteiger partial charge in [-0.3, -0.25) is 9.59 Å². The summed E-state index contributed by atoms with van der Waals surface area (Å²) in [6, 6.07) is 0. The molecular formula is C20H25FO2. The third kappa shape index (κ3) is 1.85. The Labute approximate surface area is 137 Å². The highest BCUT2D eigenvalue weighted by molar-refractivity contribution is 5.93. The van der Waals surface area contributed by atoms with Crippen molar-refractivity contribution in [2.75, 3.05) is 0 Å². The van der Waals surface area contributed by atoms with E-state index in [1.807, 2.05) is 13.0 Å². The third-order valence-electron chi connectivity index (χ3n) is 7.63. The number of hydrogen-bond donors (Lipinski definition) is 0. The second-order valence-corrected chi connectivity index (χ2v) is 8.65. The highest BCUT2D eigenvalue weighted by atomic mass is 19.1. The second kappa shape index (κ2) is 4.64. The lowest BCUT2D eigenvalue weighted by Gasteiger charge is -2.57. The maximum Gasteiger partial charge on any atom is 0.173 e. The van der Waals surface area contributed by atoms with Crippen LogP contribution in [0.1, 0.15) is 52.4 Å². The Morgan fingerprint density at radius 1 is 1.17 bits per heavy atom. The van der Waals surface area contributed by atoms with E-state index in [1.165, 1.54) is 0 Å². The van der Waals surface area contributed by atoms with Gasteiger partial charge in [0, 0.05) is 11.8 Å². The van der Waals surface area contributed by atoms with E-state index in [9.17, 15) is 14.0 Å². The lowest BCUT2D eigenvalue weighted by atomic mass is 9.47. The summed E-state index contributed by atoms with van der Waals surface area (Å²) in [5.41, 5.74) is 1.68. The Morgan fingerprint density at radius 3 is 2.65 bits per heavy atom. The number of hydrogen-bond acceptors (Lipinski definition) is 2. The maximum atomic E-state index is 14.2. The van der Waals surface area contributed by atoms with Crippen molar-refractivity contribution in [1.29, 1.82) is 0 Å². The van der Waals surface area contributed by atoms with Crippen LogP contribution in [0.4, 0.5) is 4.39 Å². The second-order valence-electron chi connectivity index (χ2n) is 8.65.